The zero-order valence-corrected chi connectivity index (χ0v) is 22.3. The van der Waals surface area contributed by atoms with Crippen LogP contribution in [0, 0.1) is 0 Å². The number of H-pyrrole nitrogens is 2. The molecule has 5 rings (SSSR count). The van der Waals surface area contributed by atoms with Crippen molar-refractivity contribution in [3.05, 3.63) is 92.6 Å². The van der Waals surface area contributed by atoms with E-state index in [2.05, 4.69) is 15.0 Å². The summed E-state index contributed by atoms with van der Waals surface area (Å²) < 4.78 is 11.8. The van der Waals surface area contributed by atoms with Crippen LogP contribution in [0.25, 0.3) is 22.3 Å². The van der Waals surface area contributed by atoms with Crippen molar-refractivity contribution in [2.24, 2.45) is 0 Å². The van der Waals surface area contributed by atoms with E-state index in [4.69, 9.17) is 9.47 Å². The van der Waals surface area contributed by atoms with Crippen LogP contribution in [0.15, 0.2) is 70.3 Å². The van der Waals surface area contributed by atoms with Gasteiger partial charge in [-0.3, -0.25) is 14.8 Å². The topological polar surface area (TPSA) is 117 Å². The van der Waals surface area contributed by atoms with Gasteiger partial charge in [-0.2, -0.15) is 0 Å². The molecule has 2 N–H and O–H groups in total. The third-order valence-electron chi connectivity index (χ3n) is 6.65. The lowest BCUT2D eigenvalue weighted by Crippen LogP contribution is -2.42. The van der Waals surface area contributed by atoms with Crippen molar-refractivity contribution in [1.29, 1.82) is 0 Å². The summed E-state index contributed by atoms with van der Waals surface area (Å²) >= 11 is 0. The summed E-state index contributed by atoms with van der Waals surface area (Å²) in [5.74, 6) is 0.477. The smallest absolute Gasteiger partial charge is 0.410 e. The van der Waals surface area contributed by atoms with Crippen LogP contribution in [-0.2, 0) is 11.3 Å². The Morgan fingerprint density at radius 1 is 1.05 bits per heavy atom. The highest BCUT2D eigenvalue weighted by Gasteiger charge is 2.30. The molecule has 202 valence electrons. The molecule has 1 unspecified atom stereocenters. The molecule has 1 saturated heterocycles. The number of aromatic amines is 2. The van der Waals surface area contributed by atoms with Gasteiger partial charge in [0, 0.05) is 24.6 Å². The predicted molar refractivity (Wildman–Crippen MR) is 149 cm³/mol. The second-order valence-corrected chi connectivity index (χ2v) is 10.8. The number of carbonyl (C=O) groups is 1. The molecule has 1 aliphatic rings. The van der Waals surface area contributed by atoms with Crippen molar-refractivity contribution in [2.75, 3.05) is 13.1 Å². The van der Waals surface area contributed by atoms with Gasteiger partial charge < -0.3 is 14.4 Å². The van der Waals surface area contributed by atoms with E-state index in [0.29, 0.717) is 36.5 Å². The number of fused-ring (bicyclic) bond motifs is 1. The van der Waals surface area contributed by atoms with Crippen LogP contribution >= 0.6 is 0 Å². The summed E-state index contributed by atoms with van der Waals surface area (Å²) in [5.41, 5.74) is 1.50. The van der Waals surface area contributed by atoms with E-state index in [1.165, 1.54) is 0 Å². The number of nitrogens with one attached hydrogen (secondary N) is 2. The average Bonchev–Trinajstić information content (AvgIpc) is 2.91. The van der Waals surface area contributed by atoms with Crippen molar-refractivity contribution in [1.82, 2.24) is 19.9 Å². The molecule has 0 saturated carbocycles. The molecule has 1 fully saturated rings. The molecule has 9 nitrogen and oxygen atoms in total. The fourth-order valence-corrected chi connectivity index (χ4v) is 4.92. The molecular weight excluding hydrogens is 496 g/mol. The third kappa shape index (κ3) is 6.03. The number of ether oxygens (including phenoxy) is 2. The zero-order chi connectivity index (χ0) is 27.6. The van der Waals surface area contributed by atoms with Crippen LogP contribution in [0.5, 0.6) is 5.75 Å². The van der Waals surface area contributed by atoms with Crippen LogP contribution in [-0.4, -0.2) is 44.6 Å². The van der Waals surface area contributed by atoms with Crippen LogP contribution in [0.4, 0.5) is 4.79 Å². The highest BCUT2D eigenvalue weighted by Crippen LogP contribution is 2.36. The Hall–Kier alpha value is -4.40. The first kappa shape index (κ1) is 26.2. The molecule has 0 radical (unpaired) electrons. The minimum atomic E-state index is -0.629. The van der Waals surface area contributed by atoms with Gasteiger partial charge in [0.2, 0.25) is 0 Å². The van der Waals surface area contributed by atoms with Gasteiger partial charge in [0.1, 0.15) is 23.6 Å². The number of benzene rings is 2. The van der Waals surface area contributed by atoms with E-state index in [-0.39, 0.29) is 17.7 Å². The van der Waals surface area contributed by atoms with Crippen molar-refractivity contribution < 1.29 is 14.3 Å². The maximum absolute atomic E-state index is 13.0. The summed E-state index contributed by atoms with van der Waals surface area (Å²) in [6.07, 6.45) is 1.14. The van der Waals surface area contributed by atoms with E-state index in [9.17, 15) is 14.4 Å². The van der Waals surface area contributed by atoms with Crippen molar-refractivity contribution in [3.63, 3.8) is 0 Å². The molecular formula is C30H32N4O5. The van der Waals surface area contributed by atoms with Crippen molar-refractivity contribution in [3.8, 4) is 17.0 Å². The molecule has 0 aliphatic carbocycles. The van der Waals surface area contributed by atoms with Crippen molar-refractivity contribution in [2.45, 2.75) is 51.7 Å². The molecule has 3 heterocycles. The maximum atomic E-state index is 13.0. The van der Waals surface area contributed by atoms with E-state index >= 15 is 0 Å². The van der Waals surface area contributed by atoms with Crippen molar-refractivity contribution >= 4 is 17.1 Å². The minimum absolute atomic E-state index is 0.153. The monoisotopic (exact) mass is 528 g/mol. The van der Waals surface area contributed by atoms with Gasteiger partial charge in [-0.25, -0.2) is 14.6 Å². The first-order chi connectivity index (χ1) is 18.7. The Bertz CT molecular complexity index is 1600. The molecule has 39 heavy (non-hydrogen) atoms. The van der Waals surface area contributed by atoms with Gasteiger partial charge >= 0.3 is 11.8 Å². The Morgan fingerprint density at radius 3 is 2.56 bits per heavy atom. The quantitative estimate of drug-likeness (QED) is 0.378. The molecule has 1 atom stereocenters. The summed E-state index contributed by atoms with van der Waals surface area (Å²) in [4.78, 5) is 49.4. The molecule has 2 aromatic heterocycles. The summed E-state index contributed by atoms with van der Waals surface area (Å²) in [7, 11) is 0. The average molecular weight is 529 g/mol. The number of amides is 1. The van der Waals surface area contributed by atoms with E-state index in [1.807, 2.05) is 81.4 Å². The number of pyridine rings is 1. The Kier molecular flexibility index (Phi) is 7.24. The molecule has 2 aromatic carbocycles. The lowest BCUT2D eigenvalue weighted by molar-refractivity contribution is 0.0198. The predicted octanol–water partition coefficient (Wildman–Crippen LogP) is 4.97. The number of carbonyl (C=O) groups excluding carboxylic acids is 1. The number of hydrogen-bond acceptors (Lipinski definition) is 6. The van der Waals surface area contributed by atoms with E-state index < -0.39 is 16.9 Å². The summed E-state index contributed by atoms with van der Waals surface area (Å²) in [5, 5.41) is 0.317. The second kappa shape index (κ2) is 10.8. The number of piperidine rings is 1. The van der Waals surface area contributed by atoms with Crippen LogP contribution in [0.1, 0.15) is 50.7 Å². The van der Waals surface area contributed by atoms with Gasteiger partial charge in [-0.1, -0.05) is 42.5 Å². The summed E-state index contributed by atoms with van der Waals surface area (Å²) in [6, 6.07) is 19.3. The van der Waals surface area contributed by atoms with Crippen LogP contribution < -0.4 is 16.0 Å². The highest BCUT2D eigenvalue weighted by molar-refractivity contribution is 5.83. The first-order valence-corrected chi connectivity index (χ1v) is 13.1. The van der Waals surface area contributed by atoms with Gasteiger partial charge in [-0.15, -0.1) is 0 Å². The zero-order valence-electron chi connectivity index (χ0n) is 22.3. The number of nitrogens with zero attached hydrogens (tertiary/aromatic N) is 2. The van der Waals surface area contributed by atoms with Crippen LogP contribution in [0.3, 0.4) is 0 Å². The number of likely N-dealkylation sites (tertiary alicyclic amines) is 1. The number of aromatic nitrogens is 3. The lowest BCUT2D eigenvalue weighted by Gasteiger charge is -2.34. The molecule has 4 aromatic rings. The Balaban J connectivity index is 1.55. The lowest BCUT2D eigenvalue weighted by atomic mass is 9.88. The largest absolute Gasteiger partial charge is 0.488 e. The van der Waals surface area contributed by atoms with E-state index in [0.717, 1.165) is 29.5 Å². The normalized spacial score (nSPS) is 15.8. The molecule has 0 bridgehead atoms. The minimum Gasteiger partial charge on any atom is -0.488 e. The fraction of sp³-hybridized carbons (Fsp3) is 0.333. The fourth-order valence-electron chi connectivity index (χ4n) is 4.92. The molecule has 9 heteroatoms. The van der Waals surface area contributed by atoms with Gasteiger partial charge in [-0.05, 0) is 62.9 Å². The molecule has 0 spiro atoms. The Morgan fingerprint density at radius 2 is 1.79 bits per heavy atom. The van der Waals surface area contributed by atoms with E-state index in [1.54, 1.807) is 4.90 Å². The van der Waals surface area contributed by atoms with Crippen LogP contribution in [0.2, 0.25) is 0 Å². The Labute approximate surface area is 225 Å². The maximum Gasteiger partial charge on any atom is 0.410 e. The van der Waals surface area contributed by atoms with Gasteiger partial charge in [0.15, 0.2) is 0 Å². The number of rotatable bonds is 5. The molecule has 1 aliphatic heterocycles. The second-order valence-electron chi connectivity index (χ2n) is 10.8. The third-order valence-corrected chi connectivity index (χ3v) is 6.65. The van der Waals surface area contributed by atoms with Gasteiger partial charge in [0.05, 0.1) is 11.1 Å². The first-order valence-electron chi connectivity index (χ1n) is 13.1. The molecule has 1 amide bonds. The summed E-state index contributed by atoms with van der Waals surface area (Å²) in [6.45, 7) is 6.84. The standard InChI is InChI=1S/C30H32N4O5/c1-30(2,3)39-29(37)34-15-9-12-20(17-34)22-16-23(31-26-25(22)27(35)33-28(36)32-26)21-13-7-8-14-24(21)38-18-19-10-5-4-6-11-19/h4-8,10-11,13-14,16,20H,9,12,15,17-18H2,1-3H3,(H2,31,32,33,35,36). The SMILES string of the molecule is CC(C)(C)OC(=O)N1CCCC(c2cc(-c3ccccc3OCc3ccccc3)nc3[nH]c(=O)[nH]c(=O)c23)C1. The van der Waals surface area contributed by atoms with Gasteiger partial charge in [0.25, 0.3) is 5.56 Å². The highest BCUT2D eigenvalue weighted by atomic mass is 16.6. The number of para-hydroxylation sites is 1. The number of hydrogen-bond donors (Lipinski definition) is 2.